The molecule has 2 rings (SSSR count). The predicted octanol–water partition coefficient (Wildman–Crippen LogP) is 2.36. The number of rotatable bonds is 2. The molecular formula is C13H15BrN4O. The maximum atomic E-state index is 11.7. The lowest BCUT2D eigenvalue weighted by atomic mass is 10.1. The number of hydrogen-bond donors (Lipinski definition) is 1. The Labute approximate surface area is 120 Å². The highest BCUT2D eigenvalue weighted by atomic mass is 79.9. The van der Waals surface area contributed by atoms with Crippen LogP contribution in [-0.2, 0) is 0 Å². The van der Waals surface area contributed by atoms with E-state index in [2.05, 4.69) is 26.0 Å². The molecule has 5 nitrogen and oxygen atoms in total. The van der Waals surface area contributed by atoms with Gasteiger partial charge in [0.25, 0.3) is 5.91 Å². The third kappa shape index (κ3) is 2.28. The van der Waals surface area contributed by atoms with Gasteiger partial charge in [0, 0.05) is 5.69 Å². The van der Waals surface area contributed by atoms with E-state index in [0.29, 0.717) is 16.9 Å². The first-order valence-electron chi connectivity index (χ1n) is 5.83. The SMILES string of the molecule is Cc1cc(-n2nc(C)c(Br)c2C)c(C(N)=O)c(C)n1. The lowest BCUT2D eigenvalue weighted by Crippen LogP contribution is -2.18. The van der Waals surface area contributed by atoms with E-state index >= 15 is 0 Å². The normalized spacial score (nSPS) is 10.8. The lowest BCUT2D eigenvalue weighted by Gasteiger charge is -2.12. The molecule has 6 heteroatoms. The fourth-order valence-electron chi connectivity index (χ4n) is 2.14. The molecule has 2 aromatic heterocycles. The third-order valence-electron chi connectivity index (χ3n) is 2.99. The Balaban J connectivity index is 2.81. The molecular weight excluding hydrogens is 308 g/mol. The Morgan fingerprint density at radius 3 is 2.37 bits per heavy atom. The average molecular weight is 323 g/mol. The monoisotopic (exact) mass is 322 g/mol. The minimum atomic E-state index is -0.497. The quantitative estimate of drug-likeness (QED) is 0.922. The van der Waals surface area contributed by atoms with Crippen molar-refractivity contribution in [3.63, 3.8) is 0 Å². The topological polar surface area (TPSA) is 73.8 Å². The van der Waals surface area contributed by atoms with Gasteiger partial charge >= 0.3 is 0 Å². The third-order valence-corrected chi connectivity index (χ3v) is 4.13. The maximum Gasteiger partial charge on any atom is 0.252 e. The van der Waals surface area contributed by atoms with E-state index < -0.39 is 5.91 Å². The zero-order chi connectivity index (χ0) is 14.3. The van der Waals surface area contributed by atoms with Crippen LogP contribution in [0.2, 0.25) is 0 Å². The molecule has 0 unspecified atom stereocenters. The molecule has 0 fully saturated rings. The van der Waals surface area contributed by atoms with Crippen molar-refractivity contribution in [2.24, 2.45) is 5.73 Å². The van der Waals surface area contributed by atoms with E-state index in [4.69, 9.17) is 5.73 Å². The Morgan fingerprint density at radius 2 is 1.89 bits per heavy atom. The molecule has 0 saturated heterocycles. The van der Waals surface area contributed by atoms with Crippen molar-refractivity contribution in [3.05, 3.63) is 38.9 Å². The number of aryl methyl sites for hydroxylation is 3. The van der Waals surface area contributed by atoms with Crippen molar-refractivity contribution in [2.75, 3.05) is 0 Å². The number of aromatic nitrogens is 3. The van der Waals surface area contributed by atoms with Crippen LogP contribution in [0.5, 0.6) is 0 Å². The Hall–Kier alpha value is -1.69. The number of pyridine rings is 1. The molecule has 0 atom stereocenters. The van der Waals surface area contributed by atoms with Crippen LogP contribution in [-0.4, -0.2) is 20.7 Å². The minimum Gasteiger partial charge on any atom is -0.365 e. The molecule has 100 valence electrons. The van der Waals surface area contributed by atoms with Gasteiger partial charge in [0.15, 0.2) is 0 Å². The maximum absolute atomic E-state index is 11.7. The highest BCUT2D eigenvalue weighted by Gasteiger charge is 2.19. The molecule has 0 radical (unpaired) electrons. The molecule has 2 heterocycles. The van der Waals surface area contributed by atoms with Gasteiger partial charge in [-0.05, 0) is 49.7 Å². The van der Waals surface area contributed by atoms with Gasteiger partial charge in [-0.25, -0.2) is 4.68 Å². The summed E-state index contributed by atoms with van der Waals surface area (Å²) in [6.07, 6.45) is 0. The molecule has 0 aromatic carbocycles. The summed E-state index contributed by atoms with van der Waals surface area (Å²) in [4.78, 5) is 15.9. The van der Waals surface area contributed by atoms with Crippen LogP contribution in [0.4, 0.5) is 0 Å². The molecule has 1 amide bonds. The Morgan fingerprint density at radius 1 is 1.26 bits per heavy atom. The molecule has 0 aliphatic rings. The molecule has 0 saturated carbocycles. The number of amides is 1. The lowest BCUT2D eigenvalue weighted by molar-refractivity contribution is 0.0999. The number of hydrogen-bond acceptors (Lipinski definition) is 3. The summed E-state index contributed by atoms with van der Waals surface area (Å²) >= 11 is 3.48. The van der Waals surface area contributed by atoms with Crippen molar-refractivity contribution in [1.29, 1.82) is 0 Å². The van der Waals surface area contributed by atoms with Crippen molar-refractivity contribution in [3.8, 4) is 5.69 Å². The van der Waals surface area contributed by atoms with Crippen LogP contribution in [0, 0.1) is 27.7 Å². The molecule has 0 bridgehead atoms. The molecule has 19 heavy (non-hydrogen) atoms. The van der Waals surface area contributed by atoms with Crippen LogP contribution in [0.15, 0.2) is 10.5 Å². The summed E-state index contributed by atoms with van der Waals surface area (Å²) < 4.78 is 2.65. The summed E-state index contributed by atoms with van der Waals surface area (Å²) in [7, 11) is 0. The van der Waals surface area contributed by atoms with E-state index in [9.17, 15) is 4.79 Å². The van der Waals surface area contributed by atoms with E-state index in [1.54, 1.807) is 11.6 Å². The highest BCUT2D eigenvalue weighted by Crippen LogP contribution is 2.25. The number of halogens is 1. The van der Waals surface area contributed by atoms with Gasteiger partial charge in [-0.2, -0.15) is 5.10 Å². The Kier molecular flexibility index (Phi) is 3.45. The summed E-state index contributed by atoms with van der Waals surface area (Å²) in [5, 5.41) is 4.44. The van der Waals surface area contributed by atoms with Crippen LogP contribution in [0.1, 0.15) is 33.1 Å². The molecule has 0 spiro atoms. The van der Waals surface area contributed by atoms with Crippen molar-refractivity contribution < 1.29 is 4.79 Å². The van der Waals surface area contributed by atoms with Crippen LogP contribution < -0.4 is 5.73 Å². The zero-order valence-corrected chi connectivity index (χ0v) is 12.9. The number of nitrogens with two attached hydrogens (primary N) is 1. The van der Waals surface area contributed by atoms with Crippen LogP contribution in [0.25, 0.3) is 5.69 Å². The first-order valence-corrected chi connectivity index (χ1v) is 6.62. The zero-order valence-electron chi connectivity index (χ0n) is 11.3. The van der Waals surface area contributed by atoms with E-state index in [-0.39, 0.29) is 0 Å². The van der Waals surface area contributed by atoms with Crippen LogP contribution >= 0.6 is 15.9 Å². The van der Waals surface area contributed by atoms with E-state index in [0.717, 1.165) is 21.6 Å². The van der Waals surface area contributed by atoms with Gasteiger partial charge in [-0.15, -0.1) is 0 Å². The van der Waals surface area contributed by atoms with Gasteiger partial charge < -0.3 is 5.73 Å². The summed E-state index contributed by atoms with van der Waals surface area (Å²) in [6.45, 7) is 7.48. The van der Waals surface area contributed by atoms with Gasteiger partial charge in [0.05, 0.1) is 32.8 Å². The van der Waals surface area contributed by atoms with Crippen molar-refractivity contribution in [1.82, 2.24) is 14.8 Å². The predicted molar refractivity (Wildman–Crippen MR) is 76.5 cm³/mol. The number of carbonyl (C=O) groups is 1. The molecule has 2 N–H and O–H groups in total. The standard InChI is InChI=1S/C13H15BrN4O/c1-6-5-10(11(13(15)19)7(2)16-6)18-9(4)12(14)8(3)17-18/h5H,1-4H3,(H2,15,19). The average Bonchev–Trinajstić information content (AvgIpc) is 2.55. The van der Waals surface area contributed by atoms with Gasteiger partial charge in [0.1, 0.15) is 0 Å². The molecule has 0 aliphatic carbocycles. The van der Waals surface area contributed by atoms with E-state index in [1.165, 1.54) is 0 Å². The fraction of sp³-hybridized carbons (Fsp3) is 0.308. The fourth-order valence-corrected chi connectivity index (χ4v) is 2.39. The smallest absolute Gasteiger partial charge is 0.252 e. The number of primary amides is 1. The van der Waals surface area contributed by atoms with Gasteiger partial charge in [0.2, 0.25) is 0 Å². The van der Waals surface area contributed by atoms with E-state index in [1.807, 2.05) is 26.8 Å². The van der Waals surface area contributed by atoms with Crippen LogP contribution in [0.3, 0.4) is 0 Å². The van der Waals surface area contributed by atoms with Crippen molar-refractivity contribution >= 4 is 21.8 Å². The van der Waals surface area contributed by atoms with Gasteiger partial charge in [-0.1, -0.05) is 0 Å². The highest BCUT2D eigenvalue weighted by molar-refractivity contribution is 9.10. The summed E-state index contributed by atoms with van der Waals surface area (Å²) in [5.41, 5.74) is 9.76. The van der Waals surface area contributed by atoms with Crippen molar-refractivity contribution in [2.45, 2.75) is 27.7 Å². The minimum absolute atomic E-state index is 0.406. The molecule has 0 aliphatic heterocycles. The number of nitrogens with zero attached hydrogens (tertiary/aromatic N) is 3. The summed E-state index contributed by atoms with van der Waals surface area (Å²) in [6, 6.07) is 1.82. The first-order chi connectivity index (χ1) is 8.82. The molecule has 2 aromatic rings. The second kappa shape index (κ2) is 4.77. The second-order valence-corrected chi connectivity index (χ2v) is 5.30. The Bertz CT molecular complexity index is 676. The first kappa shape index (κ1) is 13.7. The van der Waals surface area contributed by atoms with Gasteiger partial charge in [-0.3, -0.25) is 9.78 Å². The summed E-state index contributed by atoms with van der Waals surface area (Å²) in [5.74, 6) is -0.497. The second-order valence-electron chi connectivity index (χ2n) is 4.50. The largest absolute Gasteiger partial charge is 0.365 e. The number of carbonyl (C=O) groups excluding carboxylic acids is 1.